The maximum atomic E-state index is 13.7. The Morgan fingerprint density at radius 3 is 2.43 bits per heavy atom. The minimum Gasteiger partial charge on any atom is -0.494 e. The summed E-state index contributed by atoms with van der Waals surface area (Å²) in [7, 11) is -1.24. The summed E-state index contributed by atoms with van der Waals surface area (Å²) >= 11 is 5.99. The van der Waals surface area contributed by atoms with E-state index in [0.717, 1.165) is 10.4 Å². The normalized spacial score (nSPS) is 11.2. The van der Waals surface area contributed by atoms with Crippen LogP contribution in [-0.2, 0) is 10.0 Å². The molecule has 0 N–H and O–H groups in total. The van der Waals surface area contributed by atoms with Gasteiger partial charge in [-0.25, -0.2) is 12.8 Å². The zero-order valence-corrected chi connectivity index (χ0v) is 13.0. The molecule has 0 aliphatic carbocycles. The van der Waals surface area contributed by atoms with E-state index in [1.54, 1.807) is 24.3 Å². The van der Waals surface area contributed by atoms with E-state index < -0.39 is 15.8 Å². The van der Waals surface area contributed by atoms with Crippen LogP contribution < -0.4 is 9.04 Å². The van der Waals surface area contributed by atoms with Gasteiger partial charge in [0.05, 0.1) is 22.7 Å². The number of methoxy groups -OCH3 is 1. The van der Waals surface area contributed by atoms with Crippen molar-refractivity contribution in [1.82, 2.24) is 0 Å². The monoisotopic (exact) mass is 329 g/mol. The molecule has 0 heterocycles. The van der Waals surface area contributed by atoms with Gasteiger partial charge in [0.2, 0.25) is 0 Å². The highest BCUT2D eigenvalue weighted by Gasteiger charge is 2.24. The Balaban J connectivity index is 2.47. The Morgan fingerprint density at radius 1 is 1.19 bits per heavy atom. The molecule has 2 rings (SSSR count). The van der Waals surface area contributed by atoms with Crippen LogP contribution in [0.5, 0.6) is 5.75 Å². The standard InChI is InChI=1S/C14H13ClFNO3S/c1-17(13-6-4-3-5-11(13)15)21(18,19)10-7-8-14(20-2)12(16)9-10/h3-9H,1-2H3. The molecule has 7 heteroatoms. The topological polar surface area (TPSA) is 46.6 Å². The summed E-state index contributed by atoms with van der Waals surface area (Å²) in [6.07, 6.45) is 0. The first kappa shape index (κ1) is 15.6. The summed E-state index contributed by atoms with van der Waals surface area (Å²) in [5.41, 5.74) is 0.315. The number of halogens is 2. The number of hydrogen-bond donors (Lipinski definition) is 0. The predicted molar refractivity (Wildman–Crippen MR) is 80.0 cm³/mol. The summed E-state index contributed by atoms with van der Waals surface area (Å²) in [6.45, 7) is 0. The highest BCUT2D eigenvalue weighted by Crippen LogP contribution is 2.30. The Kier molecular flexibility index (Phi) is 4.39. The lowest BCUT2D eigenvalue weighted by molar-refractivity contribution is 0.385. The molecule has 21 heavy (non-hydrogen) atoms. The first-order valence-corrected chi connectivity index (χ1v) is 7.76. The van der Waals surface area contributed by atoms with E-state index in [-0.39, 0.29) is 15.7 Å². The lowest BCUT2D eigenvalue weighted by Crippen LogP contribution is -2.26. The molecule has 0 bridgehead atoms. The van der Waals surface area contributed by atoms with Crippen molar-refractivity contribution in [2.24, 2.45) is 0 Å². The third-order valence-electron chi connectivity index (χ3n) is 2.97. The van der Waals surface area contributed by atoms with Gasteiger partial charge in [-0.3, -0.25) is 4.31 Å². The Hall–Kier alpha value is -1.79. The van der Waals surface area contributed by atoms with Crippen molar-refractivity contribution in [2.45, 2.75) is 4.90 Å². The predicted octanol–water partition coefficient (Wildman–Crippen LogP) is 3.31. The molecule has 0 aliphatic heterocycles. The molecule has 0 saturated carbocycles. The van der Waals surface area contributed by atoms with Gasteiger partial charge in [0.1, 0.15) is 0 Å². The first-order chi connectivity index (χ1) is 9.87. The SMILES string of the molecule is COc1ccc(S(=O)(=O)N(C)c2ccccc2Cl)cc1F. The average molecular weight is 330 g/mol. The van der Waals surface area contributed by atoms with Crippen LogP contribution >= 0.6 is 11.6 Å². The van der Waals surface area contributed by atoms with Crippen LogP contribution in [0.15, 0.2) is 47.4 Å². The smallest absolute Gasteiger partial charge is 0.264 e. The summed E-state index contributed by atoms with van der Waals surface area (Å²) < 4.78 is 44.5. The molecule has 0 spiro atoms. The molecule has 0 amide bonds. The van der Waals surface area contributed by atoms with Crippen LogP contribution in [-0.4, -0.2) is 22.6 Å². The number of benzene rings is 2. The average Bonchev–Trinajstić information content (AvgIpc) is 2.47. The molecule has 0 saturated heterocycles. The van der Waals surface area contributed by atoms with Crippen molar-refractivity contribution in [3.05, 3.63) is 53.3 Å². The highest BCUT2D eigenvalue weighted by molar-refractivity contribution is 7.92. The van der Waals surface area contributed by atoms with Gasteiger partial charge in [-0.15, -0.1) is 0 Å². The summed E-state index contributed by atoms with van der Waals surface area (Å²) in [5.74, 6) is -0.763. The highest BCUT2D eigenvalue weighted by atomic mass is 35.5. The Labute approximate surface area is 127 Å². The molecule has 0 unspecified atom stereocenters. The fourth-order valence-corrected chi connectivity index (χ4v) is 3.34. The second-order valence-electron chi connectivity index (χ2n) is 4.22. The molecular weight excluding hydrogens is 317 g/mol. The minimum absolute atomic E-state index is 0.0191. The summed E-state index contributed by atoms with van der Waals surface area (Å²) in [6, 6.07) is 9.98. The van der Waals surface area contributed by atoms with E-state index in [0.29, 0.717) is 5.69 Å². The van der Waals surface area contributed by atoms with E-state index in [9.17, 15) is 12.8 Å². The van der Waals surface area contributed by atoms with Gasteiger partial charge in [0, 0.05) is 7.05 Å². The van der Waals surface area contributed by atoms with Crippen LogP contribution in [0.25, 0.3) is 0 Å². The zero-order chi connectivity index (χ0) is 15.6. The van der Waals surface area contributed by atoms with Crippen molar-refractivity contribution in [3.8, 4) is 5.75 Å². The van der Waals surface area contributed by atoms with Crippen molar-refractivity contribution in [2.75, 3.05) is 18.5 Å². The summed E-state index contributed by atoms with van der Waals surface area (Å²) in [5, 5.41) is 0.289. The summed E-state index contributed by atoms with van der Waals surface area (Å²) in [4.78, 5) is -0.178. The van der Waals surface area contributed by atoms with E-state index in [2.05, 4.69) is 0 Å². The van der Waals surface area contributed by atoms with E-state index in [1.165, 1.54) is 26.3 Å². The third kappa shape index (κ3) is 2.96. The molecule has 0 aliphatic rings. The zero-order valence-electron chi connectivity index (χ0n) is 11.4. The molecule has 2 aromatic carbocycles. The third-order valence-corrected chi connectivity index (χ3v) is 5.06. The number of para-hydroxylation sites is 1. The Bertz CT molecular complexity index is 765. The molecule has 0 atom stereocenters. The number of anilines is 1. The second-order valence-corrected chi connectivity index (χ2v) is 6.60. The molecule has 2 aromatic rings. The fraction of sp³-hybridized carbons (Fsp3) is 0.143. The lowest BCUT2D eigenvalue weighted by Gasteiger charge is -2.20. The quantitative estimate of drug-likeness (QED) is 0.864. The Morgan fingerprint density at radius 2 is 1.86 bits per heavy atom. The largest absolute Gasteiger partial charge is 0.494 e. The van der Waals surface area contributed by atoms with Gasteiger partial charge in [-0.1, -0.05) is 23.7 Å². The fourth-order valence-electron chi connectivity index (χ4n) is 1.80. The van der Waals surface area contributed by atoms with Crippen molar-refractivity contribution in [1.29, 1.82) is 0 Å². The van der Waals surface area contributed by atoms with Crippen molar-refractivity contribution >= 4 is 27.3 Å². The van der Waals surface area contributed by atoms with Crippen LogP contribution in [0.1, 0.15) is 0 Å². The number of sulfonamides is 1. The van der Waals surface area contributed by atoms with Crippen molar-refractivity contribution < 1.29 is 17.5 Å². The van der Waals surface area contributed by atoms with Gasteiger partial charge in [-0.05, 0) is 30.3 Å². The maximum absolute atomic E-state index is 13.7. The number of nitrogens with zero attached hydrogens (tertiary/aromatic N) is 1. The first-order valence-electron chi connectivity index (χ1n) is 5.95. The molecule has 4 nitrogen and oxygen atoms in total. The van der Waals surface area contributed by atoms with E-state index in [1.807, 2.05) is 0 Å². The van der Waals surface area contributed by atoms with Crippen LogP contribution in [0.3, 0.4) is 0 Å². The maximum Gasteiger partial charge on any atom is 0.264 e. The number of hydrogen-bond acceptors (Lipinski definition) is 3. The molecule has 0 radical (unpaired) electrons. The van der Waals surface area contributed by atoms with E-state index in [4.69, 9.17) is 16.3 Å². The second kappa shape index (κ2) is 5.91. The van der Waals surface area contributed by atoms with Crippen LogP contribution in [0, 0.1) is 5.82 Å². The number of rotatable bonds is 4. The van der Waals surface area contributed by atoms with Crippen LogP contribution in [0.4, 0.5) is 10.1 Å². The van der Waals surface area contributed by atoms with Gasteiger partial charge in [0.25, 0.3) is 10.0 Å². The molecule has 0 aromatic heterocycles. The van der Waals surface area contributed by atoms with E-state index >= 15 is 0 Å². The molecule has 0 fully saturated rings. The molecule has 112 valence electrons. The van der Waals surface area contributed by atoms with Gasteiger partial charge in [-0.2, -0.15) is 0 Å². The molecular formula is C14H13ClFNO3S. The number of ether oxygens (including phenoxy) is 1. The van der Waals surface area contributed by atoms with Gasteiger partial charge < -0.3 is 4.74 Å². The lowest BCUT2D eigenvalue weighted by atomic mass is 10.3. The van der Waals surface area contributed by atoms with Gasteiger partial charge >= 0.3 is 0 Å². The van der Waals surface area contributed by atoms with Gasteiger partial charge in [0.15, 0.2) is 11.6 Å². The van der Waals surface area contributed by atoms with Crippen LogP contribution in [0.2, 0.25) is 5.02 Å². The minimum atomic E-state index is -3.91. The van der Waals surface area contributed by atoms with Crippen molar-refractivity contribution in [3.63, 3.8) is 0 Å².